The SMILES string of the molecule is CCCCC/C=C\C/C=C\C/C=C\CCCCCCCCCCCCCCC(=O)OC(/C=C\CCCCCCCCCCCC)C(COP(=O)(O)OCC[N+](C)(C)C)NC(=O)CCCCCCCCCCCCC. The van der Waals surface area contributed by atoms with E-state index in [4.69, 9.17) is 13.8 Å². The Balaban J connectivity index is 5.06. The van der Waals surface area contributed by atoms with E-state index in [2.05, 4.69) is 62.5 Å². The lowest BCUT2D eigenvalue weighted by molar-refractivity contribution is -0.870. The standard InChI is InChI=1S/C64H121N2O7P/c1-7-10-13-16-19-22-25-27-28-29-30-31-32-33-34-35-36-37-38-39-42-45-48-51-54-57-64(68)73-62(55-52-49-46-43-41-26-23-20-17-14-11-8-2)61(60-72-74(69,70)71-59-58-66(4,5)6)65-63(67)56-53-50-47-44-40-24-21-18-15-12-9-3/h19,22,27-28,30-31,52,55,61-62H,7-18,20-21,23-26,29,32-51,53-54,56-60H2,1-6H3,(H-,65,67,69,70)/p+1/b22-19-,28-27-,31-30-,55-52-. The topological polar surface area (TPSA) is 111 Å². The number of ether oxygens (including phenoxy) is 1. The fourth-order valence-corrected chi connectivity index (χ4v) is 9.86. The van der Waals surface area contributed by atoms with Crippen molar-refractivity contribution in [2.24, 2.45) is 0 Å². The van der Waals surface area contributed by atoms with Crippen LogP contribution < -0.4 is 5.32 Å². The number of rotatable bonds is 57. The van der Waals surface area contributed by atoms with Crippen molar-refractivity contribution < 1.29 is 37.3 Å². The molecule has 0 aromatic carbocycles. The number of esters is 1. The normalized spacial score (nSPS) is 14.0. The molecule has 0 saturated carbocycles. The van der Waals surface area contributed by atoms with Crippen LogP contribution in [-0.2, 0) is 27.9 Å². The number of quaternary nitrogens is 1. The molecule has 0 radical (unpaired) electrons. The van der Waals surface area contributed by atoms with E-state index in [0.717, 1.165) is 70.6 Å². The summed E-state index contributed by atoms with van der Waals surface area (Å²) < 4.78 is 30.7. The van der Waals surface area contributed by atoms with Crippen LogP contribution in [0, 0.1) is 0 Å². The summed E-state index contributed by atoms with van der Waals surface area (Å²) in [6.45, 7) is 7.00. The molecule has 3 unspecified atom stereocenters. The first-order chi connectivity index (χ1) is 35.9. The molecule has 0 saturated heterocycles. The van der Waals surface area contributed by atoms with Crippen molar-refractivity contribution >= 4 is 19.7 Å². The molecule has 3 atom stereocenters. The van der Waals surface area contributed by atoms with E-state index >= 15 is 0 Å². The highest BCUT2D eigenvalue weighted by Crippen LogP contribution is 2.43. The van der Waals surface area contributed by atoms with Gasteiger partial charge in [0.2, 0.25) is 5.91 Å². The lowest BCUT2D eigenvalue weighted by Crippen LogP contribution is -2.47. The van der Waals surface area contributed by atoms with Gasteiger partial charge < -0.3 is 19.4 Å². The molecular weight excluding hydrogens is 940 g/mol. The average Bonchev–Trinajstić information content (AvgIpc) is 3.36. The number of phosphoric ester groups is 1. The molecule has 10 heteroatoms. The van der Waals surface area contributed by atoms with Crippen LogP contribution in [0.25, 0.3) is 0 Å². The highest BCUT2D eigenvalue weighted by Gasteiger charge is 2.30. The number of allylic oxidation sites excluding steroid dienone is 7. The summed E-state index contributed by atoms with van der Waals surface area (Å²) >= 11 is 0. The van der Waals surface area contributed by atoms with Crippen LogP contribution in [0.4, 0.5) is 0 Å². The molecule has 434 valence electrons. The Morgan fingerprint density at radius 3 is 1.26 bits per heavy atom. The van der Waals surface area contributed by atoms with Crippen molar-refractivity contribution in [1.29, 1.82) is 0 Å². The van der Waals surface area contributed by atoms with Crippen molar-refractivity contribution in [2.75, 3.05) is 40.9 Å². The van der Waals surface area contributed by atoms with Gasteiger partial charge in [-0.05, 0) is 70.3 Å². The smallest absolute Gasteiger partial charge is 0.456 e. The maximum atomic E-state index is 13.5. The maximum absolute atomic E-state index is 13.5. The van der Waals surface area contributed by atoms with Crippen LogP contribution in [0.3, 0.4) is 0 Å². The monoisotopic (exact) mass is 1060 g/mol. The number of unbranched alkanes of at least 4 members (excludes halogenated alkanes) is 35. The molecule has 0 aliphatic heterocycles. The fourth-order valence-electron chi connectivity index (χ4n) is 9.12. The second-order valence-electron chi connectivity index (χ2n) is 22.6. The van der Waals surface area contributed by atoms with Crippen molar-refractivity contribution in [3.8, 4) is 0 Å². The van der Waals surface area contributed by atoms with Crippen LogP contribution in [-0.4, -0.2) is 74.3 Å². The molecule has 0 fully saturated rings. The van der Waals surface area contributed by atoms with Gasteiger partial charge in [-0.25, -0.2) is 4.57 Å². The van der Waals surface area contributed by atoms with E-state index in [1.807, 2.05) is 33.3 Å². The first-order valence-corrected chi connectivity index (χ1v) is 33.0. The van der Waals surface area contributed by atoms with Crippen molar-refractivity contribution in [3.63, 3.8) is 0 Å². The molecule has 0 aromatic rings. The van der Waals surface area contributed by atoms with E-state index in [1.165, 1.54) is 193 Å². The minimum Gasteiger partial charge on any atom is -0.456 e. The Morgan fingerprint density at radius 1 is 0.473 bits per heavy atom. The van der Waals surface area contributed by atoms with Gasteiger partial charge in [0.1, 0.15) is 19.3 Å². The quantitative estimate of drug-likeness (QED) is 0.0205. The zero-order valence-corrected chi connectivity index (χ0v) is 50.5. The van der Waals surface area contributed by atoms with Gasteiger partial charge in [-0.2, -0.15) is 0 Å². The van der Waals surface area contributed by atoms with Gasteiger partial charge in [-0.1, -0.05) is 262 Å². The summed E-state index contributed by atoms with van der Waals surface area (Å²) in [6.07, 6.45) is 66.8. The first-order valence-electron chi connectivity index (χ1n) is 31.5. The van der Waals surface area contributed by atoms with E-state index in [1.54, 1.807) is 0 Å². The largest absolute Gasteiger partial charge is 0.472 e. The molecule has 0 bridgehead atoms. The number of carbonyl (C=O) groups is 2. The number of phosphoric acid groups is 1. The third-order valence-corrected chi connectivity index (χ3v) is 15.0. The predicted octanol–water partition coefficient (Wildman–Crippen LogP) is 19.3. The summed E-state index contributed by atoms with van der Waals surface area (Å²) in [5.74, 6) is -0.498. The number of amides is 1. The Kier molecular flexibility index (Phi) is 52.8. The van der Waals surface area contributed by atoms with Crippen LogP contribution in [0.2, 0.25) is 0 Å². The van der Waals surface area contributed by atoms with Crippen LogP contribution in [0.15, 0.2) is 48.6 Å². The Bertz CT molecular complexity index is 1410. The van der Waals surface area contributed by atoms with E-state index < -0.39 is 20.0 Å². The summed E-state index contributed by atoms with van der Waals surface area (Å²) in [5.41, 5.74) is 0. The maximum Gasteiger partial charge on any atom is 0.472 e. The van der Waals surface area contributed by atoms with Crippen molar-refractivity contribution in [3.05, 3.63) is 48.6 Å². The zero-order chi connectivity index (χ0) is 54.3. The number of hydrogen-bond donors (Lipinski definition) is 2. The molecule has 0 heterocycles. The predicted molar refractivity (Wildman–Crippen MR) is 319 cm³/mol. The highest BCUT2D eigenvalue weighted by molar-refractivity contribution is 7.47. The summed E-state index contributed by atoms with van der Waals surface area (Å²) in [6, 6.07) is -0.844. The number of nitrogens with zero attached hydrogens (tertiary/aromatic N) is 1. The van der Waals surface area contributed by atoms with E-state index in [9.17, 15) is 19.0 Å². The van der Waals surface area contributed by atoms with Gasteiger partial charge in [-0.3, -0.25) is 18.6 Å². The first kappa shape index (κ1) is 72.0. The number of carbonyl (C=O) groups excluding carboxylic acids is 2. The van der Waals surface area contributed by atoms with Gasteiger partial charge in [0.05, 0.1) is 33.8 Å². The number of likely N-dealkylation sites (N-methyl/N-ethyl adjacent to an activating group) is 1. The van der Waals surface area contributed by atoms with E-state index in [-0.39, 0.29) is 25.1 Å². The minimum atomic E-state index is -4.44. The van der Waals surface area contributed by atoms with Crippen molar-refractivity contribution in [2.45, 2.75) is 309 Å². The third kappa shape index (κ3) is 54.7. The molecule has 9 nitrogen and oxygen atoms in total. The lowest BCUT2D eigenvalue weighted by Gasteiger charge is -2.27. The van der Waals surface area contributed by atoms with Crippen LogP contribution >= 0.6 is 7.82 Å². The summed E-state index contributed by atoms with van der Waals surface area (Å²) in [5, 5.41) is 3.05. The van der Waals surface area contributed by atoms with Crippen LogP contribution in [0.1, 0.15) is 297 Å². The third-order valence-electron chi connectivity index (χ3n) is 14.0. The Hall–Kier alpha value is -2.03. The highest BCUT2D eigenvalue weighted by atomic mass is 31.2. The van der Waals surface area contributed by atoms with Gasteiger partial charge in [0.15, 0.2) is 0 Å². The molecule has 0 rings (SSSR count). The van der Waals surface area contributed by atoms with Crippen molar-refractivity contribution in [1.82, 2.24) is 5.32 Å². The molecule has 2 N–H and O–H groups in total. The summed E-state index contributed by atoms with van der Waals surface area (Å²) in [4.78, 5) is 37.6. The average molecular weight is 1060 g/mol. The Labute approximate surface area is 458 Å². The minimum absolute atomic E-state index is 0.0415. The fraction of sp³-hybridized carbons (Fsp3) is 0.844. The van der Waals surface area contributed by atoms with Crippen LogP contribution in [0.5, 0.6) is 0 Å². The Morgan fingerprint density at radius 2 is 0.824 bits per heavy atom. The number of hydrogen-bond acceptors (Lipinski definition) is 6. The molecule has 0 spiro atoms. The molecule has 0 aromatic heterocycles. The van der Waals surface area contributed by atoms with Gasteiger partial charge in [0, 0.05) is 12.8 Å². The van der Waals surface area contributed by atoms with Gasteiger partial charge in [0.25, 0.3) is 0 Å². The number of nitrogens with one attached hydrogen (secondary N) is 1. The van der Waals surface area contributed by atoms with Gasteiger partial charge in [-0.15, -0.1) is 0 Å². The molecule has 1 amide bonds. The van der Waals surface area contributed by atoms with Gasteiger partial charge >= 0.3 is 13.8 Å². The molecule has 0 aliphatic carbocycles. The molecule has 0 aliphatic rings. The second kappa shape index (κ2) is 54.3. The summed E-state index contributed by atoms with van der Waals surface area (Å²) in [7, 11) is 1.50. The zero-order valence-electron chi connectivity index (χ0n) is 49.6. The van der Waals surface area contributed by atoms with E-state index in [0.29, 0.717) is 23.9 Å². The molecular formula is C64H122N2O7P+. The molecule has 74 heavy (non-hydrogen) atoms. The lowest BCUT2D eigenvalue weighted by atomic mass is 10.0. The second-order valence-corrected chi connectivity index (χ2v) is 24.0.